The Labute approximate surface area is 174 Å². The molecule has 0 unspecified atom stereocenters. The second-order valence-electron chi connectivity index (χ2n) is 6.38. The molecule has 7 nitrogen and oxygen atoms in total. The third kappa shape index (κ3) is 4.84. The smallest absolute Gasteiger partial charge is 0.343 e. The lowest BCUT2D eigenvalue weighted by Gasteiger charge is -2.11. The molecule has 0 fully saturated rings. The minimum absolute atomic E-state index is 0.0417. The highest BCUT2D eigenvalue weighted by Crippen LogP contribution is 2.22. The van der Waals surface area contributed by atoms with Crippen molar-refractivity contribution in [3.8, 4) is 5.75 Å². The standard InChI is InChI=1S/C22H19NO6S/c1-15-10-12-18(13-11-15)30(26,27)23-17-7-5-6-16(14-17)21(24)29-20-9-4-3-8-19(20)22(25)28-2/h3-14,23H,1-2H3. The number of rotatable bonds is 6. The summed E-state index contributed by atoms with van der Waals surface area (Å²) < 4.78 is 37.6. The molecule has 0 spiro atoms. The van der Waals surface area contributed by atoms with Crippen LogP contribution in [-0.4, -0.2) is 27.5 Å². The largest absolute Gasteiger partial charge is 0.465 e. The van der Waals surface area contributed by atoms with Crippen molar-refractivity contribution in [1.29, 1.82) is 0 Å². The molecule has 8 heteroatoms. The number of sulfonamides is 1. The third-order valence-corrected chi connectivity index (χ3v) is 5.57. The SMILES string of the molecule is COC(=O)c1ccccc1OC(=O)c1cccc(NS(=O)(=O)c2ccc(C)cc2)c1. The molecule has 0 aliphatic heterocycles. The second-order valence-corrected chi connectivity index (χ2v) is 8.06. The fourth-order valence-corrected chi connectivity index (χ4v) is 3.68. The van der Waals surface area contributed by atoms with Crippen LogP contribution in [-0.2, 0) is 14.8 Å². The van der Waals surface area contributed by atoms with Gasteiger partial charge in [0.2, 0.25) is 0 Å². The number of anilines is 1. The molecule has 0 bridgehead atoms. The van der Waals surface area contributed by atoms with Gasteiger partial charge in [-0.15, -0.1) is 0 Å². The molecule has 0 saturated carbocycles. The van der Waals surface area contributed by atoms with Crippen LogP contribution < -0.4 is 9.46 Å². The zero-order chi connectivity index (χ0) is 21.7. The molecule has 0 radical (unpaired) electrons. The van der Waals surface area contributed by atoms with Gasteiger partial charge in [0.25, 0.3) is 10.0 Å². The maximum absolute atomic E-state index is 12.6. The number of aryl methyl sites for hydroxylation is 1. The summed E-state index contributed by atoms with van der Waals surface area (Å²) in [5.74, 6) is -1.35. The normalized spacial score (nSPS) is 10.9. The number of nitrogens with one attached hydrogen (secondary N) is 1. The van der Waals surface area contributed by atoms with Crippen LogP contribution in [0.3, 0.4) is 0 Å². The Bertz CT molecular complexity index is 1190. The van der Waals surface area contributed by atoms with Crippen molar-refractivity contribution in [2.75, 3.05) is 11.8 Å². The number of hydrogen-bond acceptors (Lipinski definition) is 6. The van der Waals surface area contributed by atoms with Gasteiger partial charge in [-0.05, 0) is 49.4 Å². The first-order valence-electron chi connectivity index (χ1n) is 8.89. The third-order valence-electron chi connectivity index (χ3n) is 4.18. The van der Waals surface area contributed by atoms with Gasteiger partial charge in [0.05, 0.1) is 17.6 Å². The molecule has 3 aromatic carbocycles. The van der Waals surface area contributed by atoms with Crippen molar-refractivity contribution in [3.63, 3.8) is 0 Å². The summed E-state index contributed by atoms with van der Waals surface area (Å²) in [5, 5.41) is 0. The summed E-state index contributed by atoms with van der Waals surface area (Å²) in [6, 6.07) is 18.4. The van der Waals surface area contributed by atoms with E-state index in [1.165, 1.54) is 55.6 Å². The van der Waals surface area contributed by atoms with Gasteiger partial charge in [-0.2, -0.15) is 0 Å². The minimum Gasteiger partial charge on any atom is -0.465 e. The Morgan fingerprint density at radius 3 is 2.27 bits per heavy atom. The first-order chi connectivity index (χ1) is 14.3. The molecule has 0 saturated heterocycles. The molecule has 30 heavy (non-hydrogen) atoms. The van der Waals surface area contributed by atoms with Crippen LogP contribution in [0.15, 0.2) is 77.7 Å². The van der Waals surface area contributed by atoms with Gasteiger partial charge in [-0.1, -0.05) is 35.9 Å². The number of carbonyl (C=O) groups is 2. The first-order valence-corrected chi connectivity index (χ1v) is 10.4. The molecule has 3 rings (SSSR count). The quantitative estimate of drug-likeness (QED) is 0.476. The van der Waals surface area contributed by atoms with Crippen molar-refractivity contribution >= 4 is 27.6 Å². The summed E-state index contributed by atoms with van der Waals surface area (Å²) in [6.07, 6.45) is 0. The van der Waals surface area contributed by atoms with E-state index in [4.69, 9.17) is 4.74 Å². The summed E-state index contributed by atoms with van der Waals surface area (Å²) in [4.78, 5) is 24.5. The lowest BCUT2D eigenvalue weighted by molar-refractivity contribution is 0.0593. The number of hydrogen-bond donors (Lipinski definition) is 1. The van der Waals surface area contributed by atoms with Gasteiger partial charge in [0.1, 0.15) is 11.3 Å². The number of ether oxygens (including phenoxy) is 2. The average Bonchev–Trinajstić information content (AvgIpc) is 2.73. The molecule has 0 atom stereocenters. The Balaban J connectivity index is 1.81. The Kier molecular flexibility index (Phi) is 6.17. The molecule has 154 valence electrons. The van der Waals surface area contributed by atoms with Crippen molar-refractivity contribution in [1.82, 2.24) is 0 Å². The molecular weight excluding hydrogens is 406 g/mol. The Morgan fingerprint density at radius 1 is 0.867 bits per heavy atom. The van der Waals surface area contributed by atoms with E-state index in [-0.39, 0.29) is 27.5 Å². The Hall–Kier alpha value is -3.65. The predicted octanol–water partition coefficient (Wildman–Crippen LogP) is 3.80. The van der Waals surface area contributed by atoms with Crippen LogP contribution in [0.2, 0.25) is 0 Å². The zero-order valence-corrected chi connectivity index (χ0v) is 17.1. The lowest BCUT2D eigenvalue weighted by atomic mass is 10.2. The van der Waals surface area contributed by atoms with Gasteiger partial charge in [0.15, 0.2) is 0 Å². The van der Waals surface area contributed by atoms with Gasteiger partial charge >= 0.3 is 11.9 Å². The maximum atomic E-state index is 12.6. The van der Waals surface area contributed by atoms with E-state index in [1.54, 1.807) is 24.3 Å². The molecule has 1 N–H and O–H groups in total. The number of para-hydroxylation sites is 1. The van der Waals surface area contributed by atoms with Crippen molar-refractivity contribution in [2.24, 2.45) is 0 Å². The average molecular weight is 425 g/mol. The van der Waals surface area contributed by atoms with Crippen LogP contribution in [0.5, 0.6) is 5.75 Å². The predicted molar refractivity (Wildman–Crippen MR) is 111 cm³/mol. The van der Waals surface area contributed by atoms with E-state index in [2.05, 4.69) is 9.46 Å². The number of carbonyl (C=O) groups excluding carboxylic acids is 2. The van der Waals surface area contributed by atoms with Crippen LogP contribution >= 0.6 is 0 Å². The number of esters is 2. The summed E-state index contributed by atoms with van der Waals surface area (Å²) in [5.41, 5.74) is 1.35. The highest BCUT2D eigenvalue weighted by atomic mass is 32.2. The molecule has 3 aromatic rings. The fraction of sp³-hybridized carbons (Fsp3) is 0.0909. The van der Waals surface area contributed by atoms with Crippen LogP contribution in [0.25, 0.3) is 0 Å². The number of benzene rings is 3. The Morgan fingerprint density at radius 2 is 1.57 bits per heavy atom. The van der Waals surface area contributed by atoms with E-state index in [9.17, 15) is 18.0 Å². The van der Waals surface area contributed by atoms with E-state index >= 15 is 0 Å². The summed E-state index contributed by atoms with van der Waals surface area (Å²) >= 11 is 0. The molecular formula is C22H19NO6S. The van der Waals surface area contributed by atoms with Gasteiger partial charge < -0.3 is 9.47 Å². The van der Waals surface area contributed by atoms with Crippen LogP contribution in [0.1, 0.15) is 26.3 Å². The van der Waals surface area contributed by atoms with Crippen molar-refractivity contribution < 1.29 is 27.5 Å². The van der Waals surface area contributed by atoms with Gasteiger partial charge in [-0.25, -0.2) is 18.0 Å². The van der Waals surface area contributed by atoms with E-state index in [0.29, 0.717) is 0 Å². The minimum atomic E-state index is -3.82. The lowest BCUT2D eigenvalue weighted by Crippen LogP contribution is -2.15. The van der Waals surface area contributed by atoms with Crippen molar-refractivity contribution in [3.05, 3.63) is 89.5 Å². The topological polar surface area (TPSA) is 98.8 Å². The molecule has 0 aliphatic rings. The van der Waals surface area contributed by atoms with E-state index < -0.39 is 22.0 Å². The summed E-state index contributed by atoms with van der Waals surface area (Å²) in [6.45, 7) is 1.86. The highest BCUT2D eigenvalue weighted by molar-refractivity contribution is 7.92. The van der Waals surface area contributed by atoms with Crippen molar-refractivity contribution in [2.45, 2.75) is 11.8 Å². The van der Waals surface area contributed by atoms with Crippen LogP contribution in [0, 0.1) is 6.92 Å². The van der Waals surface area contributed by atoms with Gasteiger partial charge in [0, 0.05) is 5.69 Å². The van der Waals surface area contributed by atoms with E-state index in [1.807, 2.05) is 6.92 Å². The monoisotopic (exact) mass is 425 g/mol. The maximum Gasteiger partial charge on any atom is 0.343 e. The van der Waals surface area contributed by atoms with E-state index in [0.717, 1.165) is 5.56 Å². The molecule has 0 amide bonds. The molecule has 0 aliphatic carbocycles. The number of methoxy groups -OCH3 is 1. The van der Waals surface area contributed by atoms with Crippen LogP contribution in [0.4, 0.5) is 5.69 Å². The highest BCUT2D eigenvalue weighted by Gasteiger charge is 2.18. The molecule has 0 heterocycles. The summed E-state index contributed by atoms with van der Waals surface area (Å²) in [7, 11) is -2.59. The second kappa shape index (κ2) is 8.79. The fourth-order valence-electron chi connectivity index (χ4n) is 2.63. The van der Waals surface area contributed by atoms with Gasteiger partial charge in [-0.3, -0.25) is 4.72 Å². The molecule has 0 aromatic heterocycles. The first kappa shape index (κ1) is 21.1. The zero-order valence-electron chi connectivity index (χ0n) is 16.3.